The summed E-state index contributed by atoms with van der Waals surface area (Å²) in [4.78, 5) is 0. The van der Waals surface area contributed by atoms with Gasteiger partial charge in [0.25, 0.3) is 0 Å². The third-order valence-electron chi connectivity index (χ3n) is 2.68. The molecule has 1 saturated heterocycles. The molecule has 0 aromatic rings. The number of hydrogen-bond donors (Lipinski definition) is 12. The Morgan fingerprint density at radius 3 is 1.03 bits per heavy atom. The summed E-state index contributed by atoms with van der Waals surface area (Å²) in [6.07, 6.45) is 0.944. The van der Waals surface area contributed by atoms with Crippen LogP contribution in [0.5, 0.6) is 0 Å². The standard InChI is InChI=1S/C4H12N2O.C4H10N2.C4H12N2.C3H10N2.C2H8N2.CH6N2/c5-1-3-7-4-2-6;1-2-6-4-3-5-1;1-5-3-4-6-2;4-2-1-3-5;3-1-2-4;2-1-3/h1-6H2;5-6H,1-4H2;5-6H,3-4H2,1-2H3;1-5H2;1-4H2;1-3H2. The average Bonchev–Trinajstić information content (AvgIpc) is 2.82. The molecule has 0 unspecified atom stereocenters. The highest BCUT2D eigenvalue weighted by Crippen LogP contribution is 1.65. The van der Waals surface area contributed by atoms with Gasteiger partial charge in [0.1, 0.15) is 0 Å². The minimum absolute atomic E-state index is 0.250. The van der Waals surface area contributed by atoms with E-state index < -0.39 is 0 Å². The van der Waals surface area contributed by atoms with Gasteiger partial charge in [-0.25, -0.2) is 0 Å². The lowest BCUT2D eigenvalue weighted by Gasteiger charge is -2.11. The maximum absolute atomic E-state index is 5.10. The molecule has 13 nitrogen and oxygen atoms in total. The predicted molar refractivity (Wildman–Crippen MR) is 137 cm³/mol. The van der Waals surface area contributed by atoms with E-state index in [1.165, 1.54) is 0 Å². The summed E-state index contributed by atoms with van der Waals surface area (Å²) in [6, 6.07) is 0. The summed E-state index contributed by atoms with van der Waals surface area (Å²) in [7, 11) is 3.88. The van der Waals surface area contributed by atoms with Gasteiger partial charge < -0.3 is 71.9 Å². The highest BCUT2D eigenvalue weighted by molar-refractivity contribution is 4.59. The first-order valence-corrected chi connectivity index (χ1v) is 11.0. The first-order valence-electron chi connectivity index (χ1n) is 11.0. The van der Waals surface area contributed by atoms with Crippen molar-refractivity contribution in [3.8, 4) is 0 Å². The van der Waals surface area contributed by atoms with Crippen molar-refractivity contribution in [2.45, 2.75) is 6.42 Å². The number of piperazine rings is 1. The van der Waals surface area contributed by atoms with Gasteiger partial charge in [-0.2, -0.15) is 0 Å². The molecule has 0 atom stereocenters. The van der Waals surface area contributed by atoms with Crippen LogP contribution in [0.3, 0.4) is 0 Å². The number of ether oxygens (including phenoxy) is 1. The molecule has 1 rings (SSSR count). The van der Waals surface area contributed by atoms with Crippen molar-refractivity contribution in [3.05, 3.63) is 0 Å². The highest BCUT2D eigenvalue weighted by Gasteiger charge is 1.91. The van der Waals surface area contributed by atoms with Gasteiger partial charge in [0.15, 0.2) is 0 Å². The van der Waals surface area contributed by atoms with Crippen LogP contribution in [0.4, 0.5) is 0 Å². The Morgan fingerprint density at radius 1 is 0.581 bits per heavy atom. The fourth-order valence-electron chi connectivity index (χ4n) is 1.24. The first kappa shape index (κ1) is 40.8. The smallest absolute Gasteiger partial charge is 0.0589 e. The quantitative estimate of drug-likeness (QED) is 0.108. The van der Waals surface area contributed by atoms with Gasteiger partial charge in [-0.3, -0.25) is 0 Å². The zero-order valence-electron chi connectivity index (χ0n) is 20.3. The van der Waals surface area contributed by atoms with Gasteiger partial charge in [0.05, 0.1) is 13.2 Å². The van der Waals surface area contributed by atoms with Crippen molar-refractivity contribution >= 4 is 0 Å². The molecule has 1 aliphatic rings. The Kier molecular flexibility index (Phi) is 75.0. The van der Waals surface area contributed by atoms with E-state index in [-0.39, 0.29) is 6.67 Å². The third-order valence-corrected chi connectivity index (χ3v) is 2.68. The number of rotatable bonds is 10. The molecule has 20 N–H and O–H groups in total. The molecule has 13 heteroatoms. The number of likely N-dealkylation sites (N-methyl/N-ethyl adjacent to an activating group) is 2. The molecule has 0 radical (unpaired) electrons. The average molecular weight is 459 g/mol. The summed E-state index contributed by atoms with van der Waals surface area (Å²) in [5.74, 6) is 0. The van der Waals surface area contributed by atoms with Gasteiger partial charge in [-0.1, -0.05) is 0 Å². The molecular weight excluding hydrogens is 400 g/mol. The van der Waals surface area contributed by atoms with Crippen LogP contribution in [0.25, 0.3) is 0 Å². The van der Waals surface area contributed by atoms with Crippen LogP contribution in [-0.4, -0.2) is 113 Å². The highest BCUT2D eigenvalue weighted by atomic mass is 16.5. The number of nitrogens with one attached hydrogen (secondary N) is 4. The molecule has 0 spiro atoms. The molecule has 0 bridgehead atoms. The molecule has 0 aromatic heterocycles. The van der Waals surface area contributed by atoms with Gasteiger partial charge in [-0.05, 0) is 33.6 Å². The maximum atomic E-state index is 5.10. The zero-order valence-corrected chi connectivity index (χ0v) is 20.3. The minimum atomic E-state index is 0.250. The number of nitrogens with two attached hydrogens (primary N) is 8. The van der Waals surface area contributed by atoms with Crippen LogP contribution in [0, 0.1) is 0 Å². The maximum Gasteiger partial charge on any atom is 0.0589 e. The topological polar surface area (TPSA) is 266 Å². The van der Waals surface area contributed by atoms with E-state index in [1.54, 1.807) is 0 Å². The van der Waals surface area contributed by atoms with Crippen molar-refractivity contribution < 1.29 is 4.74 Å². The van der Waals surface area contributed by atoms with Crippen molar-refractivity contribution in [3.63, 3.8) is 0 Å². The largest absolute Gasteiger partial charge is 0.379 e. The molecule has 1 aliphatic heterocycles. The lowest BCUT2D eigenvalue weighted by Crippen LogP contribution is -2.39. The SMILES string of the molecule is C1CNCCN1.CNCCNC.NCCCN.NCCN.NCCOCCN.NCN. The molecule has 0 amide bonds. The van der Waals surface area contributed by atoms with Crippen molar-refractivity contribution in [2.75, 3.05) is 113 Å². The lowest BCUT2D eigenvalue weighted by molar-refractivity contribution is 0.149. The van der Waals surface area contributed by atoms with Gasteiger partial charge in [0.2, 0.25) is 0 Å². The Labute approximate surface area is 191 Å². The molecule has 0 aliphatic carbocycles. The van der Waals surface area contributed by atoms with Crippen LogP contribution in [-0.2, 0) is 4.74 Å². The Bertz CT molecular complexity index is 192. The summed E-state index contributed by atoms with van der Waals surface area (Å²) < 4.78 is 4.88. The second kappa shape index (κ2) is 57.0. The fraction of sp³-hybridized carbons (Fsp3) is 1.00. The number of hydrogen-bond acceptors (Lipinski definition) is 13. The lowest BCUT2D eigenvalue weighted by atomic mass is 10.4. The van der Waals surface area contributed by atoms with Gasteiger partial charge >= 0.3 is 0 Å². The van der Waals surface area contributed by atoms with Gasteiger partial charge in [-0.15, -0.1) is 0 Å². The van der Waals surface area contributed by atoms with E-state index in [2.05, 4.69) is 32.7 Å². The van der Waals surface area contributed by atoms with Crippen LogP contribution in [0.1, 0.15) is 6.42 Å². The first-order chi connectivity index (χ1) is 15.1. The Hall–Kier alpha value is -0.520. The minimum Gasteiger partial charge on any atom is -0.379 e. The van der Waals surface area contributed by atoms with Crippen LogP contribution in [0.15, 0.2) is 0 Å². The molecule has 31 heavy (non-hydrogen) atoms. The fourth-order valence-corrected chi connectivity index (χ4v) is 1.24. The van der Waals surface area contributed by atoms with Crippen LogP contribution >= 0.6 is 0 Å². The molecule has 0 saturated carbocycles. The van der Waals surface area contributed by atoms with E-state index in [4.69, 9.17) is 39.1 Å². The summed E-state index contributed by atoms with van der Waals surface area (Å²) in [5, 5.41) is 12.5. The summed E-state index contributed by atoms with van der Waals surface area (Å²) in [5.41, 5.74) is 39.4. The summed E-state index contributed by atoms with van der Waals surface area (Å²) in [6.45, 7) is 12.0. The van der Waals surface area contributed by atoms with Crippen molar-refractivity contribution in [1.82, 2.24) is 21.3 Å². The van der Waals surface area contributed by atoms with E-state index >= 15 is 0 Å². The van der Waals surface area contributed by atoms with Gasteiger partial charge in [0, 0.05) is 72.1 Å². The van der Waals surface area contributed by atoms with E-state index in [9.17, 15) is 0 Å². The molecule has 1 fully saturated rings. The van der Waals surface area contributed by atoms with Crippen LogP contribution in [0.2, 0.25) is 0 Å². The molecular formula is C18H58N12O. The molecule has 1 heterocycles. The van der Waals surface area contributed by atoms with Crippen LogP contribution < -0.4 is 67.1 Å². The predicted octanol–water partition coefficient (Wildman–Crippen LogP) is -5.42. The normalized spacial score (nSPS) is 11.4. The molecule has 196 valence electrons. The second-order valence-electron chi connectivity index (χ2n) is 5.64. The van der Waals surface area contributed by atoms with E-state index in [0.29, 0.717) is 39.4 Å². The molecule has 0 aromatic carbocycles. The third kappa shape index (κ3) is 92.9. The van der Waals surface area contributed by atoms with Crippen molar-refractivity contribution in [1.29, 1.82) is 0 Å². The summed E-state index contributed by atoms with van der Waals surface area (Å²) >= 11 is 0. The van der Waals surface area contributed by atoms with E-state index in [1.807, 2.05) is 14.1 Å². The Morgan fingerprint density at radius 2 is 0.903 bits per heavy atom. The van der Waals surface area contributed by atoms with Crippen molar-refractivity contribution in [2.24, 2.45) is 45.9 Å². The monoisotopic (exact) mass is 458 g/mol. The second-order valence-corrected chi connectivity index (χ2v) is 5.64. The Balaban J connectivity index is -0.0000000890. The van der Waals surface area contributed by atoms with E-state index in [0.717, 1.165) is 58.8 Å². The zero-order chi connectivity index (χ0) is 24.8.